The van der Waals surface area contributed by atoms with Crippen molar-refractivity contribution < 1.29 is 32.5 Å². The van der Waals surface area contributed by atoms with Gasteiger partial charge in [-0.15, -0.1) is 0 Å². The van der Waals surface area contributed by atoms with Crippen LogP contribution in [0.15, 0.2) is 30.3 Å². The number of carbonyl (C=O) groups excluding carboxylic acids is 1. The van der Waals surface area contributed by atoms with Crippen LogP contribution < -0.4 is 0 Å². The van der Waals surface area contributed by atoms with Crippen molar-refractivity contribution >= 4 is 5.97 Å². The van der Waals surface area contributed by atoms with Crippen LogP contribution in [0.1, 0.15) is 116 Å². The van der Waals surface area contributed by atoms with E-state index >= 15 is 4.39 Å². The number of aliphatic hydroxyl groups is 1. The van der Waals surface area contributed by atoms with Crippen LogP contribution in [-0.2, 0) is 9.47 Å². The van der Waals surface area contributed by atoms with Crippen LogP contribution in [0.3, 0.4) is 0 Å². The molecule has 0 amide bonds. The summed E-state index contributed by atoms with van der Waals surface area (Å²) in [6, 6.07) is 8.17. The molecule has 1 aliphatic heterocycles. The van der Waals surface area contributed by atoms with E-state index in [0.717, 1.165) is 44.1 Å². The minimum absolute atomic E-state index is 0.120. The normalized spacial score (nSPS) is 28.1. The molecule has 5 rings (SSSR count). The van der Waals surface area contributed by atoms with E-state index in [0.29, 0.717) is 43.4 Å². The van der Waals surface area contributed by atoms with Crippen molar-refractivity contribution in [1.29, 1.82) is 0 Å². The smallest absolute Gasteiger partial charge is 0.341 e. The highest BCUT2D eigenvalue weighted by Crippen LogP contribution is 2.40. The van der Waals surface area contributed by atoms with E-state index in [1.54, 1.807) is 12.1 Å². The van der Waals surface area contributed by atoms with Gasteiger partial charge >= 0.3 is 5.97 Å². The molecule has 0 aromatic heterocycles. The van der Waals surface area contributed by atoms with Gasteiger partial charge in [0.15, 0.2) is 11.6 Å². The van der Waals surface area contributed by atoms with Gasteiger partial charge in [-0.2, -0.15) is 0 Å². The second-order valence-electron chi connectivity index (χ2n) is 11.3. The third-order valence-electron chi connectivity index (χ3n) is 8.80. The molecular weight excluding hydrogens is 493 g/mol. The van der Waals surface area contributed by atoms with Gasteiger partial charge in [-0.1, -0.05) is 31.5 Å². The molecule has 2 atom stereocenters. The van der Waals surface area contributed by atoms with E-state index in [-0.39, 0.29) is 47.4 Å². The number of hydrogen-bond donors (Lipinski definition) is 1. The van der Waals surface area contributed by atoms with E-state index in [4.69, 9.17) is 9.47 Å². The number of rotatable bonds is 8. The number of epoxide rings is 1. The van der Waals surface area contributed by atoms with Gasteiger partial charge in [0.1, 0.15) is 18.0 Å². The molecule has 3 aliphatic rings. The van der Waals surface area contributed by atoms with E-state index in [2.05, 4.69) is 0 Å². The molecule has 1 N–H and O–H groups in total. The zero-order chi connectivity index (χ0) is 26.8. The van der Waals surface area contributed by atoms with Crippen molar-refractivity contribution in [2.24, 2.45) is 5.92 Å². The molecule has 1 saturated heterocycles. The molecule has 2 aromatic carbocycles. The summed E-state index contributed by atoms with van der Waals surface area (Å²) in [5.74, 6) is -2.96. The van der Waals surface area contributed by atoms with Gasteiger partial charge in [-0.3, -0.25) is 0 Å². The molecule has 206 valence electrons. The number of esters is 1. The zero-order valence-corrected chi connectivity index (χ0v) is 21.9. The fourth-order valence-electron chi connectivity index (χ4n) is 6.40. The van der Waals surface area contributed by atoms with Crippen molar-refractivity contribution in [2.75, 3.05) is 6.61 Å². The fourth-order valence-corrected chi connectivity index (χ4v) is 6.40. The lowest BCUT2D eigenvalue weighted by Gasteiger charge is -2.32. The molecule has 4 nitrogen and oxygen atoms in total. The third-order valence-corrected chi connectivity index (χ3v) is 8.80. The van der Waals surface area contributed by atoms with Crippen LogP contribution in [0.5, 0.6) is 0 Å². The Labute approximate surface area is 222 Å². The highest BCUT2D eigenvalue weighted by atomic mass is 19.2. The summed E-state index contributed by atoms with van der Waals surface area (Å²) < 4.78 is 55.2. The molecule has 0 spiro atoms. The molecule has 2 saturated carbocycles. The second kappa shape index (κ2) is 11.8. The molecule has 1 heterocycles. The van der Waals surface area contributed by atoms with Crippen LogP contribution in [0.4, 0.5) is 13.2 Å². The lowest BCUT2D eigenvalue weighted by atomic mass is 9.76. The Balaban J connectivity index is 1.15. The second-order valence-corrected chi connectivity index (χ2v) is 11.3. The van der Waals surface area contributed by atoms with Gasteiger partial charge in [0, 0.05) is 5.56 Å². The van der Waals surface area contributed by atoms with Crippen LogP contribution in [0.2, 0.25) is 0 Å². The monoisotopic (exact) mass is 530 g/mol. The van der Waals surface area contributed by atoms with Gasteiger partial charge in [-0.05, 0) is 98.8 Å². The molecular formula is C31H37F3O4. The predicted octanol–water partition coefficient (Wildman–Crippen LogP) is 7.49. The molecule has 3 fully saturated rings. The number of halogens is 3. The largest absolute Gasteiger partial charge is 0.459 e. The maximum Gasteiger partial charge on any atom is 0.341 e. The Morgan fingerprint density at radius 3 is 2.24 bits per heavy atom. The fraction of sp³-hybridized carbons (Fsp3) is 0.581. The molecule has 2 aliphatic carbocycles. The Morgan fingerprint density at radius 2 is 1.61 bits per heavy atom. The van der Waals surface area contributed by atoms with Crippen LogP contribution in [0, 0.1) is 23.4 Å². The highest BCUT2D eigenvalue weighted by Gasteiger charge is 2.32. The summed E-state index contributed by atoms with van der Waals surface area (Å²) in [5, 5.41) is 10.3. The van der Waals surface area contributed by atoms with E-state index in [1.807, 2.05) is 13.0 Å². The SMILES string of the molecule is CCCC(O)C1CCC(c2ccc(C(=O)OC3CCC(c4ccc(C5CO5)c(F)c4)CC3)c(F)c2F)CC1. The predicted molar refractivity (Wildman–Crippen MR) is 137 cm³/mol. The van der Waals surface area contributed by atoms with E-state index < -0.39 is 17.6 Å². The van der Waals surface area contributed by atoms with Crippen molar-refractivity contribution in [1.82, 2.24) is 0 Å². The Morgan fingerprint density at radius 1 is 0.947 bits per heavy atom. The molecule has 7 heteroatoms. The summed E-state index contributed by atoms with van der Waals surface area (Å²) in [7, 11) is 0. The van der Waals surface area contributed by atoms with Gasteiger partial charge in [0.2, 0.25) is 0 Å². The maximum atomic E-state index is 15.0. The van der Waals surface area contributed by atoms with Gasteiger partial charge in [0.05, 0.1) is 18.3 Å². The Hall–Kier alpha value is -2.38. The number of carbonyl (C=O) groups is 1. The average Bonchev–Trinajstić information content (AvgIpc) is 3.76. The third kappa shape index (κ3) is 5.94. The van der Waals surface area contributed by atoms with Crippen LogP contribution in [-0.4, -0.2) is 29.9 Å². The summed E-state index contributed by atoms with van der Waals surface area (Å²) >= 11 is 0. The minimum Gasteiger partial charge on any atom is -0.459 e. The highest BCUT2D eigenvalue weighted by molar-refractivity contribution is 5.90. The first-order valence-electron chi connectivity index (χ1n) is 14.1. The molecule has 0 radical (unpaired) electrons. The topological polar surface area (TPSA) is 59.1 Å². The summed E-state index contributed by atoms with van der Waals surface area (Å²) in [6.45, 7) is 2.60. The zero-order valence-electron chi connectivity index (χ0n) is 21.9. The molecule has 0 bridgehead atoms. The first kappa shape index (κ1) is 27.2. The Bertz CT molecular complexity index is 1130. The lowest BCUT2D eigenvalue weighted by molar-refractivity contribution is 0.0189. The van der Waals surface area contributed by atoms with E-state index in [9.17, 15) is 18.7 Å². The molecule has 38 heavy (non-hydrogen) atoms. The number of ether oxygens (including phenoxy) is 2. The number of aliphatic hydroxyl groups excluding tert-OH is 1. The summed E-state index contributed by atoms with van der Waals surface area (Å²) in [6.07, 6.45) is 6.41. The first-order valence-corrected chi connectivity index (χ1v) is 14.1. The first-order chi connectivity index (χ1) is 18.4. The number of hydrogen-bond acceptors (Lipinski definition) is 4. The van der Waals surface area contributed by atoms with E-state index in [1.165, 1.54) is 12.1 Å². The van der Waals surface area contributed by atoms with Crippen LogP contribution >= 0.6 is 0 Å². The Kier molecular flexibility index (Phi) is 8.44. The van der Waals surface area contributed by atoms with Gasteiger partial charge in [0.25, 0.3) is 0 Å². The average molecular weight is 531 g/mol. The van der Waals surface area contributed by atoms with Crippen molar-refractivity contribution in [3.8, 4) is 0 Å². The van der Waals surface area contributed by atoms with Crippen molar-refractivity contribution in [3.63, 3.8) is 0 Å². The quantitative estimate of drug-likeness (QED) is 0.284. The summed E-state index contributed by atoms with van der Waals surface area (Å²) in [4.78, 5) is 12.7. The minimum atomic E-state index is -1.15. The molecule has 2 unspecified atom stereocenters. The lowest BCUT2D eigenvalue weighted by Crippen LogP contribution is -2.26. The van der Waals surface area contributed by atoms with Crippen LogP contribution in [0.25, 0.3) is 0 Å². The summed E-state index contributed by atoms with van der Waals surface area (Å²) in [5.41, 5.74) is 1.44. The standard InChI is InChI=1S/C31H37F3O4/c1-2-3-27(35)20-6-4-19(5-7-20)23-14-15-25(30(34)29(23)33)31(36)38-22-11-8-18(9-12-22)21-10-13-24(26(32)16-21)28-17-37-28/h10,13-16,18-20,22,27-28,35H,2-9,11-12,17H2,1H3. The maximum absolute atomic E-state index is 15.0. The van der Waals surface area contributed by atoms with Crippen molar-refractivity contribution in [3.05, 3.63) is 70.0 Å². The number of benzene rings is 2. The van der Waals surface area contributed by atoms with Crippen molar-refractivity contribution in [2.45, 2.75) is 101 Å². The van der Waals surface area contributed by atoms with Gasteiger partial charge in [-0.25, -0.2) is 18.0 Å². The van der Waals surface area contributed by atoms with Gasteiger partial charge < -0.3 is 14.6 Å². The molecule has 2 aromatic rings.